The van der Waals surface area contributed by atoms with E-state index in [9.17, 15) is 14.9 Å². The van der Waals surface area contributed by atoms with Crippen LogP contribution >= 0.6 is 0 Å². The van der Waals surface area contributed by atoms with E-state index in [1.165, 1.54) is 12.1 Å². The van der Waals surface area contributed by atoms with Crippen LogP contribution in [0.4, 0.5) is 0 Å². The third-order valence-corrected chi connectivity index (χ3v) is 1.83. The molecule has 0 spiro atoms. The Morgan fingerprint density at radius 3 is 2.56 bits per heavy atom. The van der Waals surface area contributed by atoms with Gasteiger partial charge in [-0.05, 0) is 6.92 Å². The van der Waals surface area contributed by atoms with Crippen LogP contribution in [0.3, 0.4) is 0 Å². The number of allylic oxidation sites excluding steroid dienone is 1. The smallest absolute Gasteiger partial charge is 0.350 e. The van der Waals surface area contributed by atoms with Crippen LogP contribution in [0.15, 0.2) is 42.3 Å². The number of ether oxygens (including phenoxy) is 1. The third kappa shape index (κ3) is 2.91. The summed E-state index contributed by atoms with van der Waals surface area (Å²) >= 11 is 0. The molecule has 0 unspecified atom stereocenters. The summed E-state index contributed by atoms with van der Waals surface area (Å²) in [5, 5.41) is 10.7. The van der Waals surface area contributed by atoms with Crippen molar-refractivity contribution < 1.29 is 14.5 Å². The number of carbonyl (C=O) groups is 1. The largest absolute Gasteiger partial charge is 0.494 e. The maximum absolute atomic E-state index is 11.7. The molecule has 0 aliphatic rings. The van der Waals surface area contributed by atoms with Crippen molar-refractivity contribution in [3.8, 4) is 0 Å². The fourth-order valence-corrected chi connectivity index (χ4v) is 1.08. The van der Waals surface area contributed by atoms with Gasteiger partial charge in [-0.1, -0.05) is 30.3 Å². The molecule has 1 aromatic carbocycles. The lowest BCUT2D eigenvalue weighted by molar-refractivity contribution is -0.418. The normalized spacial score (nSPS) is 10.9. The van der Waals surface area contributed by atoms with E-state index < -0.39 is 16.4 Å². The second-order valence-electron chi connectivity index (χ2n) is 2.91. The maximum atomic E-state index is 11.7. The highest BCUT2D eigenvalue weighted by Gasteiger charge is 2.23. The predicted octanol–water partition coefficient (Wildman–Crippen LogP) is 2.02. The minimum atomic E-state index is -0.745. The van der Waals surface area contributed by atoms with Gasteiger partial charge < -0.3 is 4.74 Å². The third-order valence-electron chi connectivity index (χ3n) is 1.83. The van der Waals surface area contributed by atoms with Crippen molar-refractivity contribution in [1.29, 1.82) is 0 Å². The van der Waals surface area contributed by atoms with Crippen molar-refractivity contribution in [1.82, 2.24) is 0 Å². The number of Topliss-reactive ketones (excluding diaryl/α,β-unsaturated/α-hetero) is 1. The number of nitrogens with zero attached hydrogens (tertiary/aromatic N) is 1. The van der Waals surface area contributed by atoms with E-state index >= 15 is 0 Å². The molecule has 0 aliphatic carbocycles. The quantitative estimate of drug-likeness (QED) is 0.251. The van der Waals surface area contributed by atoms with Gasteiger partial charge in [0, 0.05) is 5.56 Å². The molecular formula is C11H11NO4. The molecule has 0 bridgehead atoms. The Bertz CT molecular complexity index is 411. The number of carbonyl (C=O) groups excluding carboxylic acids is 1. The van der Waals surface area contributed by atoms with E-state index in [1.54, 1.807) is 25.1 Å². The molecule has 0 atom stereocenters. The number of benzene rings is 1. The van der Waals surface area contributed by atoms with Crippen LogP contribution in [-0.2, 0) is 4.74 Å². The molecule has 16 heavy (non-hydrogen) atoms. The van der Waals surface area contributed by atoms with Gasteiger partial charge >= 0.3 is 5.70 Å². The van der Waals surface area contributed by atoms with Gasteiger partial charge in [0.15, 0.2) is 6.26 Å². The minimum absolute atomic E-state index is 0.269. The number of rotatable bonds is 5. The van der Waals surface area contributed by atoms with Crippen LogP contribution in [-0.4, -0.2) is 17.3 Å². The van der Waals surface area contributed by atoms with Crippen molar-refractivity contribution in [3.05, 3.63) is 58.0 Å². The Labute approximate surface area is 92.5 Å². The predicted molar refractivity (Wildman–Crippen MR) is 57.5 cm³/mol. The summed E-state index contributed by atoms with van der Waals surface area (Å²) in [5.41, 5.74) is -0.293. The zero-order valence-corrected chi connectivity index (χ0v) is 8.75. The molecule has 0 heterocycles. The zero-order chi connectivity index (χ0) is 12.0. The molecule has 0 radical (unpaired) electrons. The van der Waals surface area contributed by atoms with Crippen LogP contribution < -0.4 is 0 Å². The van der Waals surface area contributed by atoms with Crippen molar-refractivity contribution in [2.45, 2.75) is 6.92 Å². The lowest BCUT2D eigenvalue weighted by Gasteiger charge is -1.99. The van der Waals surface area contributed by atoms with E-state index in [1.807, 2.05) is 0 Å². The topological polar surface area (TPSA) is 69.4 Å². The van der Waals surface area contributed by atoms with E-state index in [2.05, 4.69) is 0 Å². The van der Waals surface area contributed by atoms with Crippen molar-refractivity contribution in [2.75, 3.05) is 6.61 Å². The number of hydrogen-bond donors (Lipinski definition) is 0. The molecule has 0 fully saturated rings. The Morgan fingerprint density at radius 1 is 1.44 bits per heavy atom. The Hall–Kier alpha value is -2.17. The van der Waals surface area contributed by atoms with Crippen molar-refractivity contribution in [3.63, 3.8) is 0 Å². The van der Waals surface area contributed by atoms with Crippen LogP contribution in [0.1, 0.15) is 17.3 Å². The van der Waals surface area contributed by atoms with Crippen LogP contribution in [0, 0.1) is 10.1 Å². The van der Waals surface area contributed by atoms with Gasteiger partial charge in [-0.15, -0.1) is 0 Å². The second-order valence-corrected chi connectivity index (χ2v) is 2.91. The Morgan fingerprint density at radius 2 is 2.06 bits per heavy atom. The molecule has 1 rings (SSSR count). The van der Waals surface area contributed by atoms with E-state index in [0.717, 1.165) is 6.26 Å². The fraction of sp³-hybridized carbons (Fsp3) is 0.182. The van der Waals surface area contributed by atoms with Gasteiger partial charge in [0.2, 0.25) is 0 Å². The molecule has 0 aromatic heterocycles. The van der Waals surface area contributed by atoms with Gasteiger partial charge in [0.1, 0.15) is 0 Å². The molecular weight excluding hydrogens is 210 g/mol. The minimum Gasteiger partial charge on any atom is -0.494 e. The standard InChI is InChI=1S/C11H11NO4/c1-2-16-8-10(12(14)15)11(13)9-6-4-3-5-7-9/h3-8H,2H2,1H3/b10-8+. The van der Waals surface area contributed by atoms with Crippen LogP contribution in [0.25, 0.3) is 0 Å². The Kier molecular flexibility index (Phi) is 4.20. The highest BCUT2D eigenvalue weighted by molar-refractivity contribution is 6.06. The van der Waals surface area contributed by atoms with Gasteiger partial charge in [-0.2, -0.15) is 0 Å². The molecule has 0 amide bonds. The van der Waals surface area contributed by atoms with Crippen LogP contribution in [0.5, 0.6) is 0 Å². The molecule has 5 nitrogen and oxygen atoms in total. The zero-order valence-electron chi connectivity index (χ0n) is 8.75. The fourth-order valence-electron chi connectivity index (χ4n) is 1.08. The summed E-state index contributed by atoms with van der Waals surface area (Å²) in [6.07, 6.45) is 0.884. The number of ketones is 1. The molecule has 0 saturated carbocycles. The molecule has 84 valence electrons. The highest BCUT2D eigenvalue weighted by atomic mass is 16.6. The first-order valence-electron chi connectivity index (χ1n) is 4.72. The number of hydrogen-bond acceptors (Lipinski definition) is 4. The summed E-state index contributed by atoms with van der Waals surface area (Å²) in [6.45, 7) is 1.96. The van der Waals surface area contributed by atoms with Gasteiger partial charge in [0.25, 0.3) is 5.78 Å². The lowest BCUT2D eigenvalue weighted by Crippen LogP contribution is -2.12. The summed E-state index contributed by atoms with van der Waals surface area (Å²) in [6, 6.07) is 8.06. The highest BCUT2D eigenvalue weighted by Crippen LogP contribution is 2.08. The monoisotopic (exact) mass is 221 g/mol. The Balaban J connectivity index is 2.97. The molecule has 0 N–H and O–H groups in total. The summed E-state index contributed by atoms with van der Waals surface area (Å²) in [7, 11) is 0. The average molecular weight is 221 g/mol. The van der Waals surface area contributed by atoms with E-state index in [-0.39, 0.29) is 12.2 Å². The summed E-state index contributed by atoms with van der Waals surface area (Å²) in [4.78, 5) is 21.6. The average Bonchev–Trinajstić information content (AvgIpc) is 2.30. The van der Waals surface area contributed by atoms with Crippen molar-refractivity contribution >= 4 is 5.78 Å². The SMILES string of the molecule is CCO/C=C(\C(=O)c1ccccc1)[N+](=O)[O-]. The first kappa shape index (κ1) is 11.9. The van der Waals surface area contributed by atoms with Crippen LogP contribution in [0.2, 0.25) is 0 Å². The molecule has 5 heteroatoms. The second kappa shape index (κ2) is 5.65. The van der Waals surface area contributed by atoms with E-state index in [0.29, 0.717) is 0 Å². The molecule has 1 aromatic rings. The summed E-state index contributed by atoms with van der Waals surface area (Å²) in [5.74, 6) is -0.654. The van der Waals surface area contributed by atoms with Gasteiger partial charge in [-0.25, -0.2) is 0 Å². The number of nitro groups is 1. The summed E-state index contributed by atoms with van der Waals surface area (Å²) < 4.78 is 4.78. The first-order chi connectivity index (χ1) is 7.66. The van der Waals surface area contributed by atoms with Crippen molar-refractivity contribution in [2.24, 2.45) is 0 Å². The molecule has 0 saturated heterocycles. The van der Waals surface area contributed by atoms with Gasteiger partial charge in [0.05, 0.1) is 11.5 Å². The maximum Gasteiger partial charge on any atom is 0.350 e. The molecule has 0 aliphatic heterocycles. The lowest BCUT2D eigenvalue weighted by atomic mass is 10.1. The van der Waals surface area contributed by atoms with E-state index in [4.69, 9.17) is 4.74 Å². The first-order valence-corrected chi connectivity index (χ1v) is 4.72. The van der Waals surface area contributed by atoms with Gasteiger partial charge in [-0.3, -0.25) is 14.9 Å².